The molecule has 124 valence electrons. The van der Waals surface area contributed by atoms with Crippen molar-refractivity contribution < 1.29 is 14.4 Å². The number of oxime groups is 1. The van der Waals surface area contributed by atoms with Crippen LogP contribution in [0, 0.1) is 5.92 Å². The second-order valence-electron chi connectivity index (χ2n) is 5.76. The molecule has 6 nitrogen and oxygen atoms in total. The highest BCUT2D eigenvalue weighted by Crippen LogP contribution is 2.18. The van der Waals surface area contributed by atoms with E-state index in [4.69, 9.17) is 16.4 Å². The van der Waals surface area contributed by atoms with E-state index in [9.17, 15) is 9.59 Å². The number of carbonyl (C=O) groups is 2. The molecule has 0 spiro atoms. The van der Waals surface area contributed by atoms with Crippen LogP contribution in [0.25, 0.3) is 0 Å². The van der Waals surface area contributed by atoms with Crippen LogP contribution in [0.1, 0.15) is 25.8 Å². The number of benzene rings is 1. The van der Waals surface area contributed by atoms with Gasteiger partial charge in [-0.2, -0.15) is 0 Å². The highest BCUT2D eigenvalue weighted by atomic mass is 35.5. The molecule has 1 aromatic rings. The van der Waals surface area contributed by atoms with E-state index in [0.717, 1.165) is 5.56 Å². The van der Waals surface area contributed by atoms with Gasteiger partial charge in [0.05, 0.1) is 12.3 Å². The van der Waals surface area contributed by atoms with Gasteiger partial charge in [-0.25, -0.2) is 0 Å². The van der Waals surface area contributed by atoms with E-state index in [1.165, 1.54) is 0 Å². The van der Waals surface area contributed by atoms with Crippen LogP contribution in [-0.4, -0.2) is 36.7 Å². The van der Waals surface area contributed by atoms with E-state index in [0.29, 0.717) is 29.6 Å². The van der Waals surface area contributed by atoms with Gasteiger partial charge in [0, 0.05) is 18.0 Å². The first-order valence-electron chi connectivity index (χ1n) is 7.48. The number of amides is 2. The molecule has 1 aliphatic rings. The van der Waals surface area contributed by atoms with E-state index in [1.54, 1.807) is 12.1 Å². The summed E-state index contributed by atoms with van der Waals surface area (Å²) in [5, 5.41) is 9.86. The quantitative estimate of drug-likeness (QED) is 0.829. The average Bonchev–Trinajstić information content (AvgIpc) is 3.01. The Morgan fingerprint density at radius 3 is 2.65 bits per heavy atom. The van der Waals surface area contributed by atoms with E-state index in [2.05, 4.69) is 15.8 Å². The molecular formula is C16H20ClN3O3. The molecule has 0 fully saturated rings. The zero-order valence-corrected chi connectivity index (χ0v) is 13.9. The highest BCUT2D eigenvalue weighted by Gasteiger charge is 2.28. The summed E-state index contributed by atoms with van der Waals surface area (Å²) >= 11 is 5.84. The smallest absolute Gasteiger partial charge is 0.264 e. The predicted molar refractivity (Wildman–Crippen MR) is 88.3 cm³/mol. The fourth-order valence-electron chi connectivity index (χ4n) is 1.99. The minimum atomic E-state index is -0.710. The highest BCUT2D eigenvalue weighted by molar-refractivity contribution is 6.30. The summed E-state index contributed by atoms with van der Waals surface area (Å²) in [5.74, 6) is -0.204. The van der Waals surface area contributed by atoms with E-state index in [1.807, 2.05) is 26.0 Å². The van der Waals surface area contributed by atoms with Crippen molar-refractivity contribution in [2.75, 3.05) is 13.1 Å². The number of halogens is 1. The first kappa shape index (κ1) is 17.3. The molecule has 0 saturated carbocycles. The van der Waals surface area contributed by atoms with Crippen molar-refractivity contribution in [3.63, 3.8) is 0 Å². The third-order valence-corrected chi connectivity index (χ3v) is 3.52. The Morgan fingerprint density at radius 1 is 1.30 bits per heavy atom. The summed E-state index contributed by atoms with van der Waals surface area (Å²) in [6, 6.07) is 7.16. The molecule has 0 aliphatic carbocycles. The van der Waals surface area contributed by atoms with Crippen LogP contribution in [0.3, 0.4) is 0 Å². The monoisotopic (exact) mass is 337 g/mol. The molecule has 1 aromatic carbocycles. The third kappa shape index (κ3) is 5.25. The molecule has 0 saturated heterocycles. The minimum Gasteiger partial charge on any atom is -0.382 e. The summed E-state index contributed by atoms with van der Waals surface area (Å²) in [6.07, 6.45) is -0.347. The second kappa shape index (κ2) is 7.97. The lowest BCUT2D eigenvalue weighted by Gasteiger charge is -2.10. The molecule has 2 amide bonds. The van der Waals surface area contributed by atoms with E-state index in [-0.39, 0.29) is 18.4 Å². The minimum absolute atomic E-state index is 0.0678. The van der Waals surface area contributed by atoms with E-state index < -0.39 is 6.10 Å². The van der Waals surface area contributed by atoms with Gasteiger partial charge in [0.2, 0.25) is 12.0 Å². The summed E-state index contributed by atoms with van der Waals surface area (Å²) in [7, 11) is 0. The van der Waals surface area contributed by atoms with Crippen LogP contribution >= 0.6 is 11.6 Å². The normalized spacial score (nSPS) is 16.7. The SMILES string of the molecule is CC(C)CNC(=O)CNC(=O)[C@@H]1CC(c2ccc(Cl)cc2)=NO1. The van der Waals surface area contributed by atoms with Crippen molar-refractivity contribution >= 4 is 29.1 Å². The molecule has 0 radical (unpaired) electrons. The van der Waals surface area contributed by atoms with Crippen molar-refractivity contribution in [1.29, 1.82) is 0 Å². The number of rotatable bonds is 6. The molecule has 23 heavy (non-hydrogen) atoms. The van der Waals surface area contributed by atoms with Crippen LogP contribution in [0.15, 0.2) is 29.4 Å². The summed E-state index contributed by atoms with van der Waals surface area (Å²) in [5.41, 5.74) is 1.55. The standard InChI is InChI=1S/C16H20ClN3O3/c1-10(2)8-18-15(21)9-19-16(22)14-7-13(20-23-14)11-3-5-12(17)6-4-11/h3-6,10,14H,7-9H2,1-2H3,(H,18,21)(H,19,22)/t14-/m0/s1. The van der Waals surface area contributed by atoms with Crippen molar-refractivity contribution in [2.45, 2.75) is 26.4 Å². The van der Waals surface area contributed by atoms with Gasteiger partial charge >= 0.3 is 0 Å². The van der Waals surface area contributed by atoms with Crippen LogP contribution < -0.4 is 10.6 Å². The predicted octanol–water partition coefficient (Wildman–Crippen LogP) is 1.72. The maximum atomic E-state index is 12.0. The lowest BCUT2D eigenvalue weighted by atomic mass is 10.0. The van der Waals surface area contributed by atoms with Gasteiger partial charge in [0.15, 0.2) is 0 Å². The number of carbonyl (C=O) groups excluding carboxylic acids is 2. The maximum absolute atomic E-state index is 12.0. The van der Waals surface area contributed by atoms with Crippen LogP contribution in [0.4, 0.5) is 0 Å². The van der Waals surface area contributed by atoms with Crippen molar-refractivity contribution in [2.24, 2.45) is 11.1 Å². The van der Waals surface area contributed by atoms with Crippen molar-refractivity contribution in [3.8, 4) is 0 Å². The number of hydrogen-bond donors (Lipinski definition) is 2. The molecular weight excluding hydrogens is 318 g/mol. The van der Waals surface area contributed by atoms with Gasteiger partial charge in [-0.3, -0.25) is 9.59 Å². The van der Waals surface area contributed by atoms with Crippen LogP contribution in [-0.2, 0) is 14.4 Å². The fraction of sp³-hybridized carbons (Fsp3) is 0.438. The molecule has 7 heteroatoms. The number of nitrogens with one attached hydrogen (secondary N) is 2. The van der Waals surface area contributed by atoms with Gasteiger partial charge < -0.3 is 15.5 Å². The number of hydrogen-bond acceptors (Lipinski definition) is 4. The molecule has 0 aromatic heterocycles. The summed E-state index contributed by atoms with van der Waals surface area (Å²) in [6.45, 7) is 4.52. The van der Waals surface area contributed by atoms with Crippen molar-refractivity contribution in [1.82, 2.24) is 10.6 Å². The Bertz CT molecular complexity index is 599. The Labute approximate surface area is 140 Å². The first-order chi connectivity index (χ1) is 11.0. The Morgan fingerprint density at radius 2 is 2.00 bits per heavy atom. The van der Waals surface area contributed by atoms with E-state index >= 15 is 0 Å². The summed E-state index contributed by atoms with van der Waals surface area (Å²) < 4.78 is 0. The molecule has 2 rings (SSSR count). The zero-order valence-electron chi connectivity index (χ0n) is 13.1. The molecule has 1 aliphatic heterocycles. The third-order valence-electron chi connectivity index (χ3n) is 3.27. The molecule has 0 bridgehead atoms. The van der Waals surface area contributed by atoms with Crippen LogP contribution in [0.5, 0.6) is 0 Å². The average molecular weight is 338 g/mol. The van der Waals surface area contributed by atoms with Gasteiger partial charge in [-0.15, -0.1) is 0 Å². The molecule has 2 N–H and O–H groups in total. The second-order valence-corrected chi connectivity index (χ2v) is 6.20. The Balaban J connectivity index is 1.77. The van der Waals surface area contributed by atoms with Gasteiger partial charge in [0.25, 0.3) is 5.91 Å². The number of nitrogens with zero attached hydrogens (tertiary/aromatic N) is 1. The molecule has 1 heterocycles. The van der Waals surface area contributed by atoms with Gasteiger partial charge in [-0.05, 0) is 23.6 Å². The maximum Gasteiger partial charge on any atom is 0.264 e. The van der Waals surface area contributed by atoms with Crippen LogP contribution in [0.2, 0.25) is 5.02 Å². The molecule has 0 unspecified atom stereocenters. The van der Waals surface area contributed by atoms with Gasteiger partial charge in [0.1, 0.15) is 0 Å². The largest absolute Gasteiger partial charge is 0.382 e. The van der Waals surface area contributed by atoms with Gasteiger partial charge in [-0.1, -0.05) is 42.7 Å². The van der Waals surface area contributed by atoms with Crippen molar-refractivity contribution in [3.05, 3.63) is 34.9 Å². The fourth-order valence-corrected chi connectivity index (χ4v) is 2.12. The first-order valence-corrected chi connectivity index (χ1v) is 7.86. The zero-order chi connectivity index (χ0) is 16.8. The lowest BCUT2D eigenvalue weighted by molar-refractivity contribution is -0.133. The molecule has 1 atom stereocenters. The summed E-state index contributed by atoms with van der Waals surface area (Å²) in [4.78, 5) is 28.7. The Kier molecular flexibility index (Phi) is 5.98. The lowest BCUT2D eigenvalue weighted by Crippen LogP contribution is -2.42. The Hall–Kier alpha value is -2.08. The topological polar surface area (TPSA) is 79.8 Å².